The molecular formula is C30H59NO. The molecule has 2 heteroatoms. The normalized spacial score (nSPS) is 11.1. The van der Waals surface area contributed by atoms with Gasteiger partial charge in [-0.15, -0.1) is 0 Å². The first-order chi connectivity index (χ1) is 15.7. The van der Waals surface area contributed by atoms with Crippen LogP contribution in [0.4, 0.5) is 0 Å². The Labute approximate surface area is 202 Å². The largest absolute Gasteiger partial charge is 0.352 e. The van der Waals surface area contributed by atoms with E-state index in [4.69, 9.17) is 0 Å². The molecule has 0 saturated carbocycles. The number of nitrogens with one attached hydrogen (secondary N) is 1. The molecule has 0 heterocycles. The van der Waals surface area contributed by atoms with E-state index < -0.39 is 0 Å². The van der Waals surface area contributed by atoms with Gasteiger partial charge in [-0.3, -0.25) is 4.79 Å². The van der Waals surface area contributed by atoms with Crippen LogP contribution in [-0.2, 0) is 4.79 Å². The first-order valence-corrected chi connectivity index (χ1v) is 14.6. The van der Waals surface area contributed by atoms with Crippen molar-refractivity contribution in [1.82, 2.24) is 5.32 Å². The second-order valence-electron chi connectivity index (χ2n) is 10.2. The smallest absolute Gasteiger partial charge is 0.246 e. The maximum absolute atomic E-state index is 11.4. The fraction of sp³-hybridized carbons (Fsp3) is 0.900. The Kier molecular flexibility index (Phi) is 25.8. The third-order valence-corrected chi connectivity index (χ3v) is 6.70. The SMILES string of the molecule is C=C(C)C(=O)NCCCCCCCCCCCCCCCCCCCCCCCCCC. The van der Waals surface area contributed by atoms with E-state index in [0.717, 1.165) is 13.0 Å². The molecule has 0 aliphatic heterocycles. The minimum Gasteiger partial charge on any atom is -0.352 e. The third-order valence-electron chi connectivity index (χ3n) is 6.70. The molecule has 0 aromatic heterocycles. The van der Waals surface area contributed by atoms with Crippen LogP contribution in [0.1, 0.15) is 168 Å². The van der Waals surface area contributed by atoms with E-state index in [-0.39, 0.29) is 5.91 Å². The molecule has 0 aromatic carbocycles. The van der Waals surface area contributed by atoms with Gasteiger partial charge < -0.3 is 5.32 Å². The summed E-state index contributed by atoms with van der Waals surface area (Å²) in [4.78, 5) is 11.4. The molecule has 0 aliphatic rings. The van der Waals surface area contributed by atoms with Crippen molar-refractivity contribution in [3.8, 4) is 0 Å². The molecule has 1 amide bonds. The summed E-state index contributed by atoms with van der Waals surface area (Å²) in [5, 5.41) is 2.91. The molecule has 0 fully saturated rings. The Morgan fingerprint density at radius 3 is 1.00 bits per heavy atom. The molecule has 0 aromatic rings. The average molecular weight is 450 g/mol. The van der Waals surface area contributed by atoms with Gasteiger partial charge in [-0.1, -0.05) is 161 Å². The van der Waals surface area contributed by atoms with Crippen LogP contribution in [0.25, 0.3) is 0 Å². The lowest BCUT2D eigenvalue weighted by atomic mass is 10.0. The lowest BCUT2D eigenvalue weighted by Crippen LogP contribution is -2.24. The van der Waals surface area contributed by atoms with Crippen molar-refractivity contribution in [2.45, 2.75) is 168 Å². The van der Waals surface area contributed by atoms with Gasteiger partial charge in [0.1, 0.15) is 0 Å². The molecule has 1 N–H and O–H groups in total. The van der Waals surface area contributed by atoms with Crippen molar-refractivity contribution in [2.24, 2.45) is 0 Å². The van der Waals surface area contributed by atoms with E-state index in [1.165, 1.54) is 148 Å². The van der Waals surface area contributed by atoms with Crippen molar-refractivity contribution in [2.75, 3.05) is 6.54 Å². The summed E-state index contributed by atoms with van der Waals surface area (Å²) in [7, 11) is 0. The zero-order chi connectivity index (χ0) is 23.5. The van der Waals surface area contributed by atoms with Crippen molar-refractivity contribution in [3.05, 3.63) is 12.2 Å². The molecule has 0 spiro atoms. The predicted molar refractivity (Wildman–Crippen MR) is 144 cm³/mol. The van der Waals surface area contributed by atoms with E-state index in [9.17, 15) is 4.79 Å². The van der Waals surface area contributed by atoms with Crippen molar-refractivity contribution in [3.63, 3.8) is 0 Å². The Morgan fingerprint density at radius 2 is 0.750 bits per heavy atom. The van der Waals surface area contributed by atoms with Gasteiger partial charge in [-0.2, -0.15) is 0 Å². The van der Waals surface area contributed by atoms with Crippen LogP contribution in [-0.4, -0.2) is 12.5 Å². The molecule has 0 saturated heterocycles. The second-order valence-corrected chi connectivity index (χ2v) is 10.2. The molecule has 0 atom stereocenters. The molecule has 0 aliphatic carbocycles. The van der Waals surface area contributed by atoms with E-state index in [2.05, 4.69) is 18.8 Å². The van der Waals surface area contributed by atoms with Gasteiger partial charge in [0.25, 0.3) is 0 Å². The lowest BCUT2D eigenvalue weighted by molar-refractivity contribution is -0.117. The Morgan fingerprint density at radius 1 is 0.500 bits per heavy atom. The molecular weight excluding hydrogens is 390 g/mol. The highest BCUT2D eigenvalue weighted by molar-refractivity contribution is 5.91. The summed E-state index contributed by atoms with van der Waals surface area (Å²) >= 11 is 0. The summed E-state index contributed by atoms with van der Waals surface area (Å²) in [6.45, 7) is 8.51. The Balaban J connectivity index is 3.05. The number of hydrogen-bond acceptors (Lipinski definition) is 1. The van der Waals surface area contributed by atoms with E-state index in [1.807, 2.05) is 0 Å². The molecule has 32 heavy (non-hydrogen) atoms. The summed E-state index contributed by atoms with van der Waals surface area (Å²) in [5.74, 6) is -0.000848. The Hall–Kier alpha value is -0.790. The van der Waals surface area contributed by atoms with Crippen molar-refractivity contribution in [1.29, 1.82) is 0 Å². The summed E-state index contributed by atoms with van der Waals surface area (Å²) in [5.41, 5.74) is 0.606. The van der Waals surface area contributed by atoms with Crippen LogP contribution in [0.2, 0.25) is 0 Å². The van der Waals surface area contributed by atoms with Crippen molar-refractivity contribution >= 4 is 5.91 Å². The van der Waals surface area contributed by atoms with Crippen molar-refractivity contribution < 1.29 is 4.79 Å². The monoisotopic (exact) mass is 449 g/mol. The predicted octanol–water partition coefficient (Wildman–Crippen LogP) is 10.1. The summed E-state index contributed by atoms with van der Waals surface area (Å²) in [6, 6.07) is 0. The quantitative estimate of drug-likeness (QED) is 0.103. The number of amides is 1. The maximum Gasteiger partial charge on any atom is 0.246 e. The van der Waals surface area contributed by atoms with Gasteiger partial charge in [0.2, 0.25) is 5.91 Å². The number of unbranched alkanes of at least 4 members (excludes halogenated alkanes) is 23. The van der Waals surface area contributed by atoms with E-state index in [1.54, 1.807) is 6.92 Å². The molecule has 190 valence electrons. The van der Waals surface area contributed by atoms with Gasteiger partial charge in [0.05, 0.1) is 0 Å². The number of carbonyl (C=O) groups excluding carboxylic acids is 1. The third kappa shape index (κ3) is 25.5. The van der Waals surface area contributed by atoms with Crippen LogP contribution >= 0.6 is 0 Å². The highest BCUT2D eigenvalue weighted by Gasteiger charge is 1.99. The van der Waals surface area contributed by atoms with Gasteiger partial charge in [0.15, 0.2) is 0 Å². The van der Waals surface area contributed by atoms with Gasteiger partial charge >= 0.3 is 0 Å². The molecule has 2 nitrogen and oxygen atoms in total. The molecule has 0 rings (SSSR count). The van der Waals surface area contributed by atoms with Gasteiger partial charge in [0, 0.05) is 12.1 Å². The Bertz CT molecular complexity index is 404. The molecule has 0 unspecified atom stereocenters. The van der Waals surface area contributed by atoms with Gasteiger partial charge in [-0.25, -0.2) is 0 Å². The number of rotatable bonds is 26. The second kappa shape index (κ2) is 26.5. The maximum atomic E-state index is 11.4. The van der Waals surface area contributed by atoms with Crippen LogP contribution in [0.5, 0.6) is 0 Å². The van der Waals surface area contributed by atoms with Crippen LogP contribution in [0.15, 0.2) is 12.2 Å². The van der Waals surface area contributed by atoms with Crippen LogP contribution < -0.4 is 5.32 Å². The zero-order valence-corrected chi connectivity index (χ0v) is 22.3. The minimum absolute atomic E-state index is 0.000848. The average Bonchev–Trinajstić information content (AvgIpc) is 2.78. The van der Waals surface area contributed by atoms with E-state index >= 15 is 0 Å². The van der Waals surface area contributed by atoms with E-state index in [0.29, 0.717) is 5.57 Å². The number of hydrogen-bond donors (Lipinski definition) is 1. The number of carbonyl (C=O) groups is 1. The topological polar surface area (TPSA) is 29.1 Å². The van der Waals surface area contributed by atoms with Gasteiger partial charge in [-0.05, 0) is 13.3 Å². The minimum atomic E-state index is -0.000848. The van der Waals surface area contributed by atoms with Crippen LogP contribution in [0, 0.1) is 0 Å². The fourth-order valence-electron chi connectivity index (χ4n) is 4.44. The first kappa shape index (κ1) is 31.2. The summed E-state index contributed by atoms with van der Waals surface area (Å²) in [6.07, 6.45) is 33.9. The molecule has 0 radical (unpaired) electrons. The standard InChI is InChI=1S/C30H59NO/c1-4-5-6-7-8-9-10-11-12-13-14-15-16-17-18-19-20-21-22-23-24-25-26-27-28-31-30(32)29(2)3/h2,4-28H2,1,3H3,(H,31,32). The highest BCUT2D eigenvalue weighted by Crippen LogP contribution is 2.15. The summed E-state index contributed by atoms with van der Waals surface area (Å²) < 4.78 is 0. The van der Waals surface area contributed by atoms with Crippen LogP contribution in [0.3, 0.4) is 0 Å². The zero-order valence-electron chi connectivity index (χ0n) is 22.3. The molecule has 0 bridgehead atoms. The first-order valence-electron chi connectivity index (χ1n) is 14.6. The highest BCUT2D eigenvalue weighted by atomic mass is 16.1. The lowest BCUT2D eigenvalue weighted by Gasteiger charge is -2.05. The fourth-order valence-corrected chi connectivity index (χ4v) is 4.44.